The van der Waals surface area contributed by atoms with Gasteiger partial charge in [0, 0.05) is 6.07 Å². The molecule has 112 valence electrons. The SMILES string of the molecule is Cc1ccc(S(=O)(=O)Nc2cc(Cl)c(F)cc2O)c(C)c1. The number of aromatic hydroxyl groups is 1. The summed E-state index contributed by atoms with van der Waals surface area (Å²) in [6, 6.07) is 6.63. The third kappa shape index (κ3) is 3.28. The van der Waals surface area contributed by atoms with Crippen molar-refractivity contribution in [1.29, 1.82) is 0 Å². The van der Waals surface area contributed by atoms with E-state index in [9.17, 15) is 17.9 Å². The summed E-state index contributed by atoms with van der Waals surface area (Å²) in [6.07, 6.45) is 0. The number of rotatable bonds is 3. The molecule has 0 atom stereocenters. The van der Waals surface area contributed by atoms with Crippen LogP contribution in [0.25, 0.3) is 0 Å². The van der Waals surface area contributed by atoms with Crippen molar-refractivity contribution in [2.24, 2.45) is 0 Å². The third-order valence-corrected chi connectivity index (χ3v) is 4.72. The van der Waals surface area contributed by atoms with Crippen molar-refractivity contribution < 1.29 is 17.9 Å². The Morgan fingerprint density at radius 3 is 2.48 bits per heavy atom. The van der Waals surface area contributed by atoms with Crippen molar-refractivity contribution in [1.82, 2.24) is 0 Å². The minimum Gasteiger partial charge on any atom is -0.506 e. The average molecular weight is 330 g/mol. The molecule has 0 heterocycles. The molecule has 0 amide bonds. The second-order valence-corrected chi connectivity index (χ2v) is 6.72. The lowest BCUT2D eigenvalue weighted by Gasteiger charge is -2.12. The van der Waals surface area contributed by atoms with Gasteiger partial charge in [0.05, 0.1) is 15.6 Å². The molecular formula is C14H13ClFNO3S. The number of anilines is 1. The Hall–Kier alpha value is -1.79. The van der Waals surface area contributed by atoms with E-state index < -0.39 is 21.6 Å². The predicted octanol–water partition coefficient (Wildman–Crippen LogP) is 3.60. The van der Waals surface area contributed by atoms with Gasteiger partial charge in [-0.1, -0.05) is 29.3 Å². The lowest BCUT2D eigenvalue weighted by molar-refractivity contribution is 0.471. The Labute approximate surface area is 127 Å². The molecule has 0 aromatic heterocycles. The molecule has 0 aliphatic heterocycles. The Bertz CT molecular complexity index is 806. The summed E-state index contributed by atoms with van der Waals surface area (Å²) in [6.45, 7) is 3.52. The maximum Gasteiger partial charge on any atom is 0.262 e. The van der Waals surface area contributed by atoms with E-state index in [1.807, 2.05) is 6.92 Å². The van der Waals surface area contributed by atoms with Crippen LogP contribution < -0.4 is 4.72 Å². The molecule has 0 unspecified atom stereocenters. The Kier molecular flexibility index (Phi) is 4.11. The summed E-state index contributed by atoms with van der Waals surface area (Å²) in [5.74, 6) is -1.37. The van der Waals surface area contributed by atoms with Gasteiger partial charge in [0.15, 0.2) is 0 Å². The number of benzene rings is 2. The molecule has 21 heavy (non-hydrogen) atoms. The number of halogens is 2. The third-order valence-electron chi connectivity index (χ3n) is 2.90. The van der Waals surface area contributed by atoms with Crippen LogP contribution in [0.1, 0.15) is 11.1 Å². The first-order chi connectivity index (χ1) is 9.70. The maximum absolute atomic E-state index is 13.2. The lowest BCUT2D eigenvalue weighted by atomic mass is 10.2. The van der Waals surface area contributed by atoms with Gasteiger partial charge in [-0.2, -0.15) is 0 Å². The molecule has 0 saturated heterocycles. The van der Waals surface area contributed by atoms with Crippen molar-refractivity contribution in [3.63, 3.8) is 0 Å². The summed E-state index contributed by atoms with van der Waals surface area (Å²) in [4.78, 5) is 0.0768. The summed E-state index contributed by atoms with van der Waals surface area (Å²) < 4.78 is 40.0. The largest absolute Gasteiger partial charge is 0.506 e. The first-order valence-corrected chi connectivity index (χ1v) is 7.85. The number of phenolic OH excluding ortho intramolecular Hbond substituents is 1. The van der Waals surface area contributed by atoms with E-state index in [0.717, 1.165) is 17.7 Å². The van der Waals surface area contributed by atoms with E-state index in [4.69, 9.17) is 11.6 Å². The first-order valence-electron chi connectivity index (χ1n) is 5.99. The smallest absolute Gasteiger partial charge is 0.262 e. The predicted molar refractivity (Wildman–Crippen MR) is 79.8 cm³/mol. The molecule has 7 heteroatoms. The highest BCUT2D eigenvalue weighted by atomic mass is 35.5. The number of hydrogen-bond donors (Lipinski definition) is 2. The van der Waals surface area contributed by atoms with Gasteiger partial charge in [-0.3, -0.25) is 4.72 Å². The van der Waals surface area contributed by atoms with E-state index in [0.29, 0.717) is 5.56 Å². The van der Waals surface area contributed by atoms with Crippen LogP contribution in [0.2, 0.25) is 5.02 Å². The van der Waals surface area contributed by atoms with Crippen molar-refractivity contribution >= 4 is 27.3 Å². The minimum absolute atomic E-state index is 0.0768. The molecule has 4 nitrogen and oxygen atoms in total. The van der Waals surface area contributed by atoms with Crippen molar-refractivity contribution in [3.05, 3.63) is 52.3 Å². The summed E-state index contributed by atoms with van der Waals surface area (Å²) >= 11 is 5.59. The van der Waals surface area contributed by atoms with Crippen LogP contribution in [-0.4, -0.2) is 13.5 Å². The molecule has 2 N–H and O–H groups in total. The highest BCUT2D eigenvalue weighted by Crippen LogP contribution is 2.31. The van der Waals surface area contributed by atoms with Crippen molar-refractivity contribution in [2.75, 3.05) is 4.72 Å². The maximum atomic E-state index is 13.2. The summed E-state index contributed by atoms with van der Waals surface area (Å²) in [5.41, 5.74) is 1.32. The van der Waals surface area contributed by atoms with Crippen LogP contribution >= 0.6 is 11.6 Å². The zero-order valence-corrected chi connectivity index (χ0v) is 12.9. The van der Waals surface area contributed by atoms with Gasteiger partial charge in [0.25, 0.3) is 10.0 Å². The van der Waals surface area contributed by atoms with Crippen LogP contribution in [0.5, 0.6) is 5.75 Å². The van der Waals surface area contributed by atoms with Crippen LogP contribution in [0.15, 0.2) is 35.2 Å². The Morgan fingerprint density at radius 2 is 1.86 bits per heavy atom. The summed E-state index contributed by atoms with van der Waals surface area (Å²) in [5, 5.41) is 9.33. The number of hydrogen-bond acceptors (Lipinski definition) is 3. The van der Waals surface area contributed by atoms with E-state index in [1.54, 1.807) is 19.1 Å². The van der Waals surface area contributed by atoms with Gasteiger partial charge in [-0.15, -0.1) is 0 Å². The number of sulfonamides is 1. The molecule has 2 aromatic carbocycles. The topological polar surface area (TPSA) is 66.4 Å². The quantitative estimate of drug-likeness (QED) is 0.845. The van der Waals surface area contributed by atoms with Crippen LogP contribution in [-0.2, 0) is 10.0 Å². The van der Waals surface area contributed by atoms with Crippen LogP contribution in [0, 0.1) is 19.7 Å². The van der Waals surface area contributed by atoms with Gasteiger partial charge < -0.3 is 5.11 Å². The molecule has 0 bridgehead atoms. The molecule has 0 aliphatic carbocycles. The zero-order valence-electron chi connectivity index (χ0n) is 11.3. The number of phenols is 1. The Balaban J connectivity index is 2.45. The minimum atomic E-state index is -3.90. The molecule has 0 aliphatic rings. The number of nitrogens with one attached hydrogen (secondary N) is 1. The monoisotopic (exact) mass is 329 g/mol. The Morgan fingerprint density at radius 1 is 1.19 bits per heavy atom. The van der Waals surface area contributed by atoms with Gasteiger partial charge in [-0.25, -0.2) is 12.8 Å². The molecule has 0 saturated carbocycles. The highest BCUT2D eigenvalue weighted by Gasteiger charge is 2.19. The molecule has 0 radical (unpaired) electrons. The van der Waals surface area contributed by atoms with Crippen molar-refractivity contribution in [2.45, 2.75) is 18.7 Å². The summed E-state index contributed by atoms with van der Waals surface area (Å²) in [7, 11) is -3.90. The molecule has 2 aromatic rings. The fourth-order valence-corrected chi connectivity index (χ4v) is 3.38. The second-order valence-electron chi connectivity index (χ2n) is 4.66. The van der Waals surface area contributed by atoms with Gasteiger partial charge in [-0.05, 0) is 31.5 Å². The second kappa shape index (κ2) is 5.54. The van der Waals surface area contributed by atoms with E-state index >= 15 is 0 Å². The standard InChI is InChI=1S/C14H13ClFNO3S/c1-8-3-4-14(9(2)5-8)21(19,20)17-12-6-10(15)11(16)7-13(12)18/h3-7,17-18H,1-2H3. The fourth-order valence-electron chi connectivity index (χ4n) is 1.92. The normalized spacial score (nSPS) is 11.4. The highest BCUT2D eigenvalue weighted by molar-refractivity contribution is 7.92. The van der Waals surface area contributed by atoms with Gasteiger partial charge >= 0.3 is 0 Å². The average Bonchev–Trinajstić information content (AvgIpc) is 2.35. The fraction of sp³-hybridized carbons (Fsp3) is 0.143. The van der Waals surface area contributed by atoms with Gasteiger partial charge in [0.1, 0.15) is 11.6 Å². The zero-order chi connectivity index (χ0) is 15.8. The van der Waals surface area contributed by atoms with E-state index in [-0.39, 0.29) is 15.6 Å². The van der Waals surface area contributed by atoms with E-state index in [2.05, 4.69) is 4.72 Å². The lowest BCUT2D eigenvalue weighted by Crippen LogP contribution is -2.14. The molecule has 2 rings (SSSR count). The number of aryl methyl sites for hydroxylation is 2. The van der Waals surface area contributed by atoms with Crippen LogP contribution in [0.4, 0.5) is 10.1 Å². The van der Waals surface area contributed by atoms with Gasteiger partial charge in [0.2, 0.25) is 0 Å². The van der Waals surface area contributed by atoms with Crippen molar-refractivity contribution in [3.8, 4) is 5.75 Å². The molecule has 0 spiro atoms. The first kappa shape index (κ1) is 15.6. The molecule has 0 fully saturated rings. The molecular weight excluding hydrogens is 317 g/mol. The van der Waals surface area contributed by atoms with Crippen LogP contribution in [0.3, 0.4) is 0 Å². The van der Waals surface area contributed by atoms with E-state index in [1.165, 1.54) is 6.07 Å².